The van der Waals surface area contributed by atoms with Crippen molar-refractivity contribution in [2.75, 3.05) is 33.5 Å². The number of hydrogen-bond acceptors (Lipinski definition) is 28. The molecule has 10 aliphatic rings. The van der Waals surface area contributed by atoms with Crippen LogP contribution in [0.1, 0.15) is 120 Å². The van der Waals surface area contributed by atoms with Gasteiger partial charge >= 0.3 is 22.3 Å². The Morgan fingerprint density at radius 2 is 1.32 bits per heavy atom. The molecule has 6 aliphatic heterocycles. The number of aliphatic hydroxyl groups is 10. The van der Waals surface area contributed by atoms with E-state index in [1.165, 1.54) is 21.0 Å². The van der Waals surface area contributed by atoms with Crippen LogP contribution in [-0.2, 0) is 85.8 Å². The van der Waals surface area contributed by atoms with Gasteiger partial charge in [0.25, 0.3) is 0 Å². The first-order valence-corrected chi connectivity index (χ1v) is 33.0. The van der Waals surface area contributed by atoms with Crippen molar-refractivity contribution in [3.8, 4) is 0 Å². The SMILES string of the molecule is CO[C@@H]1[C@@H](O)[C@H](O[C@@H]2[C@@H](O)[C@H](O[C@H]3[C@H](O)[C@@H](O[C@@H]4OC[C@@H](O)[C@H](O)[C@H]4O)[C@H](O[C@H]4[C@H](O[C@H]5CC[C@]6(C)[C@H]7CC[C@]89C(=O)O[C@@](C)(CCCC(C)C)[C@H]8[C@@H](OC(C)=O)C[C@@]9(C)C7=CC[C@H]6C5(C)C)OC[C@@H](OS(=O)(=O)O)[C@@H]4O)O[C@@H]3C)O[C@H](CO)[C@H]2O)OC[C@H]1O. The summed E-state index contributed by atoms with van der Waals surface area (Å²) in [4.78, 5) is 27.6. The predicted octanol–water partition coefficient (Wildman–Crippen LogP) is -0.837. The fourth-order valence-corrected chi connectivity index (χ4v) is 18.2. The maximum absolute atomic E-state index is 14.8. The summed E-state index contributed by atoms with van der Waals surface area (Å²) in [5, 5.41) is 111. The molecule has 0 unspecified atom stereocenters. The number of cyclic esters (lactones) is 1. The number of esters is 2. The van der Waals surface area contributed by atoms with Gasteiger partial charge in [-0.2, -0.15) is 8.42 Å². The van der Waals surface area contributed by atoms with Crippen molar-refractivity contribution in [3.63, 3.8) is 0 Å². The lowest BCUT2D eigenvalue weighted by molar-refractivity contribution is -0.402. The van der Waals surface area contributed by atoms with E-state index in [0.29, 0.717) is 50.9 Å². The zero-order valence-corrected chi connectivity index (χ0v) is 53.4. The molecular formula is C60H96O29S. The van der Waals surface area contributed by atoms with Crippen LogP contribution in [0, 0.1) is 45.3 Å². The lowest BCUT2D eigenvalue weighted by Crippen LogP contribution is -2.67. The molecule has 0 aromatic heterocycles. The molecule has 31 atom stereocenters. The number of allylic oxidation sites excluding steroid dienone is 2. The van der Waals surface area contributed by atoms with Crippen molar-refractivity contribution in [1.82, 2.24) is 0 Å². The van der Waals surface area contributed by atoms with Crippen LogP contribution in [0.3, 0.4) is 0 Å². The molecule has 0 aromatic carbocycles. The van der Waals surface area contributed by atoms with Gasteiger partial charge in [0.15, 0.2) is 31.5 Å². The number of ether oxygens (including phenoxy) is 13. The fraction of sp³-hybridized carbons (Fsp3) is 0.933. The Hall–Kier alpha value is -2.29. The van der Waals surface area contributed by atoms with Gasteiger partial charge in [-0.3, -0.25) is 14.1 Å². The third-order valence-corrected chi connectivity index (χ3v) is 22.6. The number of carbonyl (C=O) groups is 2. The van der Waals surface area contributed by atoms with Crippen LogP contribution < -0.4 is 0 Å². The summed E-state index contributed by atoms with van der Waals surface area (Å²) >= 11 is 0. The van der Waals surface area contributed by atoms with Gasteiger partial charge < -0.3 is 113 Å². The van der Waals surface area contributed by atoms with E-state index in [0.717, 1.165) is 18.4 Å². The molecule has 29 nitrogen and oxygen atoms in total. The van der Waals surface area contributed by atoms with Gasteiger partial charge in [0.05, 0.1) is 50.0 Å². The van der Waals surface area contributed by atoms with Crippen LogP contribution in [0.5, 0.6) is 0 Å². The minimum atomic E-state index is -5.26. The maximum Gasteiger partial charge on any atom is 0.397 e. The number of hydrogen-bond donors (Lipinski definition) is 11. The smallest absolute Gasteiger partial charge is 0.397 e. The van der Waals surface area contributed by atoms with Crippen LogP contribution in [0.2, 0.25) is 0 Å². The molecule has 0 bridgehead atoms. The second-order valence-electron chi connectivity index (χ2n) is 28.4. The zero-order valence-electron chi connectivity index (χ0n) is 52.6. The Kier molecular flexibility index (Phi) is 20.8. The summed E-state index contributed by atoms with van der Waals surface area (Å²) in [7, 11) is -4.04. The van der Waals surface area contributed by atoms with Gasteiger partial charge in [-0.15, -0.1) is 0 Å². The molecule has 11 N–H and O–H groups in total. The van der Waals surface area contributed by atoms with Gasteiger partial charge in [0.2, 0.25) is 0 Å². The Morgan fingerprint density at radius 1 is 0.700 bits per heavy atom. The highest BCUT2D eigenvalue weighted by atomic mass is 32.3. The van der Waals surface area contributed by atoms with Crippen molar-refractivity contribution < 1.29 is 139 Å². The van der Waals surface area contributed by atoms with Crippen molar-refractivity contribution in [1.29, 1.82) is 0 Å². The molecule has 3 saturated carbocycles. The van der Waals surface area contributed by atoms with Crippen molar-refractivity contribution >= 4 is 22.3 Å². The van der Waals surface area contributed by atoms with Crippen LogP contribution in [0.15, 0.2) is 11.6 Å². The van der Waals surface area contributed by atoms with Crippen LogP contribution in [0.25, 0.3) is 0 Å². The van der Waals surface area contributed by atoms with Gasteiger partial charge in [-0.05, 0) is 93.8 Å². The summed E-state index contributed by atoms with van der Waals surface area (Å²) in [5.74, 6) is -0.637. The van der Waals surface area contributed by atoms with E-state index in [4.69, 9.17) is 65.8 Å². The maximum atomic E-state index is 14.8. The summed E-state index contributed by atoms with van der Waals surface area (Å²) in [6.07, 6.45) is -31.4. The molecule has 10 rings (SSSR count). The normalized spacial score (nSPS) is 50.3. The molecule has 30 heteroatoms. The average molecular weight is 1310 g/mol. The van der Waals surface area contributed by atoms with E-state index >= 15 is 0 Å². The molecule has 0 amide bonds. The Morgan fingerprint density at radius 3 is 1.98 bits per heavy atom. The predicted molar refractivity (Wildman–Crippen MR) is 302 cm³/mol. The average Bonchev–Trinajstić information content (AvgIpc) is 1.46. The third kappa shape index (κ3) is 12.6. The van der Waals surface area contributed by atoms with E-state index in [2.05, 4.69) is 47.6 Å². The third-order valence-electron chi connectivity index (χ3n) is 22.1. The number of carbonyl (C=O) groups excluding carboxylic acids is 2. The molecule has 90 heavy (non-hydrogen) atoms. The first-order valence-electron chi connectivity index (χ1n) is 31.6. The van der Waals surface area contributed by atoms with E-state index in [9.17, 15) is 73.6 Å². The number of fused-ring (bicyclic) bond motifs is 4. The van der Waals surface area contributed by atoms with Gasteiger partial charge in [-0.25, -0.2) is 4.18 Å². The van der Waals surface area contributed by atoms with E-state index < -0.39 is 205 Å². The summed E-state index contributed by atoms with van der Waals surface area (Å²) in [5.41, 5.74) is -2.38. The minimum absolute atomic E-state index is 0.000118. The largest absolute Gasteiger partial charge is 0.462 e. The highest BCUT2D eigenvalue weighted by Gasteiger charge is 2.79. The van der Waals surface area contributed by atoms with Gasteiger partial charge in [0, 0.05) is 19.4 Å². The van der Waals surface area contributed by atoms with Crippen molar-refractivity contribution in [3.05, 3.63) is 11.6 Å². The molecule has 0 aromatic rings. The minimum Gasteiger partial charge on any atom is -0.462 e. The van der Waals surface area contributed by atoms with Crippen LogP contribution in [0.4, 0.5) is 0 Å². The Bertz CT molecular complexity index is 2670. The quantitative estimate of drug-likeness (QED) is 0.0427. The van der Waals surface area contributed by atoms with E-state index in [1.807, 2.05) is 6.92 Å². The number of rotatable bonds is 19. The number of aliphatic hydroxyl groups excluding tert-OH is 10. The second kappa shape index (κ2) is 26.6. The molecule has 4 aliphatic carbocycles. The molecule has 6 heterocycles. The molecule has 1 spiro atoms. The lowest BCUT2D eigenvalue weighted by Gasteiger charge is -2.64. The Labute approximate surface area is 523 Å². The molecular weight excluding hydrogens is 1220 g/mol. The van der Waals surface area contributed by atoms with Gasteiger partial charge in [-0.1, -0.05) is 59.6 Å². The first-order chi connectivity index (χ1) is 42.2. The number of methoxy groups -OCH3 is 1. The van der Waals surface area contributed by atoms with Crippen LogP contribution in [-0.4, -0.2) is 263 Å². The topological polar surface area (TPSA) is 420 Å². The van der Waals surface area contributed by atoms with E-state index in [1.54, 1.807) is 0 Å². The van der Waals surface area contributed by atoms with E-state index in [-0.39, 0.29) is 35.7 Å². The highest BCUT2D eigenvalue weighted by Crippen LogP contribution is 2.77. The van der Waals surface area contributed by atoms with Crippen molar-refractivity contribution in [2.24, 2.45) is 45.3 Å². The lowest BCUT2D eigenvalue weighted by atomic mass is 9.41. The summed E-state index contributed by atoms with van der Waals surface area (Å²) in [6.45, 7) is 15.2. The second-order valence-corrected chi connectivity index (χ2v) is 29.5. The fourth-order valence-electron chi connectivity index (χ4n) is 17.7. The first kappa shape index (κ1) is 70.5. The molecule has 516 valence electrons. The molecule has 0 radical (unpaired) electrons. The summed E-state index contributed by atoms with van der Waals surface area (Å²) < 4.78 is 118. The highest BCUT2D eigenvalue weighted by molar-refractivity contribution is 7.80. The monoisotopic (exact) mass is 1310 g/mol. The summed E-state index contributed by atoms with van der Waals surface area (Å²) in [6, 6.07) is 0. The molecule has 9 fully saturated rings. The Balaban J connectivity index is 0.914. The van der Waals surface area contributed by atoms with Crippen LogP contribution >= 0.6 is 0 Å². The van der Waals surface area contributed by atoms with Gasteiger partial charge in [0.1, 0.15) is 109 Å². The zero-order chi connectivity index (χ0) is 65.7. The standard InChI is InChI=1S/C60H96O29S/c1-25(2)12-11-17-59(9)49-32(81-27(4)62)20-58(8)29-13-14-35-56(5,6)36(16-18-57(35,7)28(29)15-19-60(49,58)55(72)88-59)83-53-47(39(67)34(24-79-53)89-90(73,74)75)87-54-48(86-50-40(68)37(65)30(63)22-77-50)41(69)44(26(3)80-54)84-52-43(71)46(38(66)33(21-61)82-52)85-51-42(70)45(76-10)31(64)23-78-51/h13,25-26,28,30-54,61,63-71H,11-12,14-24H2,1-10H3,(H,73,74,75)/t26-,28+,30-,31-,32+,33-,34-,35+,36+,37+,38-,39+,40-,41+,42-,43-,44-,45+,46+,47-,48-,49-,50+,51+,52+,53+,54+,57-,58+,59+,60-/m1/s1. The van der Waals surface area contributed by atoms with Crippen molar-refractivity contribution in [2.45, 2.75) is 273 Å². The molecule has 6 saturated heterocycles.